The van der Waals surface area contributed by atoms with Gasteiger partial charge in [-0.25, -0.2) is 0 Å². The lowest BCUT2D eigenvalue weighted by molar-refractivity contribution is -0.385. The highest BCUT2D eigenvalue weighted by atomic mass is 32.2. The van der Waals surface area contributed by atoms with Crippen LogP contribution < -0.4 is 15.4 Å². The highest BCUT2D eigenvalue weighted by Crippen LogP contribution is 2.28. The molecular weight excluding hydrogens is 334 g/mol. The first-order valence-electron chi connectivity index (χ1n) is 7.55. The molecule has 2 atom stereocenters. The number of carbonyl (C=O) groups excluding carboxylic acids is 1. The largest absolute Gasteiger partial charge is 0.490 e. The van der Waals surface area contributed by atoms with Crippen molar-refractivity contribution in [2.75, 3.05) is 32.5 Å². The summed E-state index contributed by atoms with van der Waals surface area (Å²) in [4.78, 5) is 22.3. The lowest BCUT2D eigenvalue weighted by Crippen LogP contribution is -2.35. The van der Waals surface area contributed by atoms with E-state index in [1.54, 1.807) is 12.1 Å². The van der Waals surface area contributed by atoms with E-state index in [2.05, 4.69) is 10.6 Å². The number of rotatable bonds is 8. The van der Waals surface area contributed by atoms with Crippen molar-refractivity contribution in [3.05, 3.63) is 33.9 Å². The van der Waals surface area contributed by atoms with Crippen LogP contribution in [-0.4, -0.2) is 54.5 Å². The average molecular weight is 355 g/mol. The zero-order valence-corrected chi connectivity index (χ0v) is 14.2. The molecule has 1 heterocycles. The fourth-order valence-corrected chi connectivity index (χ4v) is 3.26. The number of amides is 1. The number of methoxy groups -OCH3 is 1. The lowest BCUT2D eigenvalue weighted by Gasteiger charge is -2.13. The number of hydrogen-bond donors (Lipinski definition) is 3. The topological polar surface area (TPSA) is 114 Å². The van der Waals surface area contributed by atoms with Gasteiger partial charge in [-0.3, -0.25) is 14.9 Å². The third-order valence-electron chi connectivity index (χ3n) is 3.81. The number of thioether (sulfide) groups is 1. The number of hydrogen-bond acceptors (Lipinski definition) is 7. The van der Waals surface area contributed by atoms with E-state index >= 15 is 0 Å². The van der Waals surface area contributed by atoms with Crippen molar-refractivity contribution in [3.63, 3.8) is 0 Å². The van der Waals surface area contributed by atoms with Crippen LogP contribution in [0.2, 0.25) is 0 Å². The van der Waals surface area contributed by atoms with Gasteiger partial charge in [0.05, 0.1) is 23.9 Å². The Kier molecular flexibility index (Phi) is 6.83. The highest BCUT2D eigenvalue weighted by Gasteiger charge is 2.24. The molecule has 0 bridgehead atoms. The van der Waals surface area contributed by atoms with Crippen molar-refractivity contribution >= 4 is 23.4 Å². The van der Waals surface area contributed by atoms with Crippen LogP contribution in [0.3, 0.4) is 0 Å². The number of nitro benzene ring substituents is 1. The summed E-state index contributed by atoms with van der Waals surface area (Å²) >= 11 is 1.38. The number of β-amino-alcohol motifs (C(OH)–C–C–N with tert-alkyl or cyclic N) is 1. The molecule has 0 radical (unpaired) electrons. The Hall–Kier alpha value is -1.84. The van der Waals surface area contributed by atoms with Gasteiger partial charge in [-0.1, -0.05) is 6.07 Å². The summed E-state index contributed by atoms with van der Waals surface area (Å²) in [5.74, 6) is 0.905. The highest BCUT2D eigenvalue weighted by molar-refractivity contribution is 7.99. The van der Waals surface area contributed by atoms with Crippen LogP contribution in [0.1, 0.15) is 5.56 Å². The van der Waals surface area contributed by atoms with Crippen LogP contribution in [0.5, 0.6) is 5.75 Å². The molecular formula is C15H21N3O5S. The average Bonchev–Trinajstić information content (AvgIpc) is 2.98. The second-order valence-electron chi connectivity index (χ2n) is 5.55. The van der Waals surface area contributed by atoms with Crippen LogP contribution in [0, 0.1) is 16.0 Å². The zero-order valence-electron chi connectivity index (χ0n) is 13.4. The monoisotopic (exact) mass is 355 g/mol. The van der Waals surface area contributed by atoms with Gasteiger partial charge in [-0.05, 0) is 11.6 Å². The number of carbonyl (C=O) groups is 1. The molecule has 0 saturated carbocycles. The van der Waals surface area contributed by atoms with Crippen molar-refractivity contribution < 1.29 is 19.6 Å². The molecule has 0 aromatic heterocycles. The number of nitro groups is 1. The molecule has 1 saturated heterocycles. The van der Waals surface area contributed by atoms with Gasteiger partial charge in [0.1, 0.15) is 0 Å². The summed E-state index contributed by atoms with van der Waals surface area (Å²) in [6, 6.07) is 4.77. The molecule has 2 rings (SSSR count). The van der Waals surface area contributed by atoms with E-state index in [4.69, 9.17) is 4.74 Å². The fraction of sp³-hybridized carbons (Fsp3) is 0.533. The maximum atomic E-state index is 11.8. The molecule has 1 aliphatic rings. The maximum absolute atomic E-state index is 11.8. The summed E-state index contributed by atoms with van der Waals surface area (Å²) in [7, 11) is 1.39. The third kappa shape index (κ3) is 5.08. The number of nitrogens with one attached hydrogen (secondary N) is 2. The normalized spacial score (nSPS) is 19.9. The van der Waals surface area contributed by atoms with Crippen molar-refractivity contribution in [2.24, 2.45) is 5.92 Å². The number of ether oxygens (including phenoxy) is 1. The van der Waals surface area contributed by atoms with Crippen molar-refractivity contribution in [1.29, 1.82) is 0 Å². The number of aliphatic hydroxyl groups excluding tert-OH is 1. The third-order valence-corrected chi connectivity index (χ3v) is 4.81. The van der Waals surface area contributed by atoms with E-state index in [1.807, 2.05) is 0 Å². The number of benzene rings is 1. The van der Waals surface area contributed by atoms with E-state index in [1.165, 1.54) is 24.9 Å². The Morgan fingerprint density at radius 3 is 2.96 bits per heavy atom. The van der Waals surface area contributed by atoms with E-state index in [0.717, 1.165) is 5.56 Å². The molecule has 0 spiro atoms. The molecule has 8 nitrogen and oxygen atoms in total. The second-order valence-corrected chi connectivity index (χ2v) is 6.53. The van der Waals surface area contributed by atoms with E-state index in [0.29, 0.717) is 25.4 Å². The van der Waals surface area contributed by atoms with Gasteiger partial charge >= 0.3 is 5.69 Å². The van der Waals surface area contributed by atoms with Gasteiger partial charge in [0.2, 0.25) is 5.91 Å². The minimum atomic E-state index is -0.485. The van der Waals surface area contributed by atoms with Crippen molar-refractivity contribution in [3.8, 4) is 5.75 Å². The SMILES string of the molecule is COc1ccc(CSCC(=O)NCC2CNCC2O)cc1[N+](=O)[O-]. The van der Waals surface area contributed by atoms with Crippen molar-refractivity contribution in [2.45, 2.75) is 11.9 Å². The molecule has 132 valence electrons. The van der Waals surface area contributed by atoms with Crippen LogP contribution in [0.25, 0.3) is 0 Å². The van der Waals surface area contributed by atoms with E-state index < -0.39 is 11.0 Å². The van der Waals surface area contributed by atoms with Crippen LogP contribution >= 0.6 is 11.8 Å². The molecule has 1 aromatic rings. The van der Waals surface area contributed by atoms with Gasteiger partial charge in [0, 0.05) is 37.4 Å². The molecule has 1 amide bonds. The molecule has 24 heavy (non-hydrogen) atoms. The summed E-state index contributed by atoms with van der Waals surface area (Å²) < 4.78 is 4.96. The molecule has 1 fully saturated rings. The van der Waals surface area contributed by atoms with Crippen LogP contribution in [0.4, 0.5) is 5.69 Å². The van der Waals surface area contributed by atoms with Gasteiger partial charge in [0.25, 0.3) is 0 Å². The van der Waals surface area contributed by atoms with E-state index in [9.17, 15) is 20.0 Å². The fourth-order valence-electron chi connectivity index (χ4n) is 2.45. The second kappa shape index (κ2) is 8.86. The van der Waals surface area contributed by atoms with Gasteiger partial charge in [-0.15, -0.1) is 11.8 Å². The van der Waals surface area contributed by atoms with Gasteiger partial charge in [-0.2, -0.15) is 0 Å². The first-order valence-corrected chi connectivity index (χ1v) is 8.71. The van der Waals surface area contributed by atoms with Crippen LogP contribution in [-0.2, 0) is 10.5 Å². The first kappa shape index (κ1) is 18.5. The number of nitrogens with zero attached hydrogens (tertiary/aromatic N) is 1. The Balaban J connectivity index is 1.76. The predicted molar refractivity (Wildman–Crippen MR) is 91.2 cm³/mol. The molecule has 2 unspecified atom stereocenters. The Bertz CT molecular complexity index is 598. The minimum absolute atomic E-state index is 0.0446. The minimum Gasteiger partial charge on any atom is -0.490 e. The lowest BCUT2D eigenvalue weighted by atomic mass is 10.1. The Labute approximate surface area is 144 Å². The molecule has 1 aromatic carbocycles. The molecule has 9 heteroatoms. The molecule has 1 aliphatic heterocycles. The van der Waals surface area contributed by atoms with Crippen molar-refractivity contribution in [1.82, 2.24) is 10.6 Å². The van der Waals surface area contributed by atoms with Gasteiger partial charge < -0.3 is 20.5 Å². The summed E-state index contributed by atoms with van der Waals surface area (Å²) in [5.41, 5.74) is 0.679. The maximum Gasteiger partial charge on any atom is 0.311 e. The Morgan fingerprint density at radius 2 is 2.33 bits per heavy atom. The quantitative estimate of drug-likeness (QED) is 0.460. The molecule has 0 aliphatic carbocycles. The smallest absolute Gasteiger partial charge is 0.311 e. The summed E-state index contributed by atoms with van der Waals surface area (Å²) in [6.45, 7) is 1.71. The zero-order chi connectivity index (χ0) is 17.5. The van der Waals surface area contributed by atoms with Gasteiger partial charge in [0.15, 0.2) is 5.75 Å². The molecule has 3 N–H and O–H groups in total. The number of aliphatic hydroxyl groups is 1. The predicted octanol–water partition coefficient (Wildman–Crippen LogP) is 0.533. The van der Waals surface area contributed by atoms with E-state index in [-0.39, 0.29) is 29.0 Å². The first-order chi connectivity index (χ1) is 11.5. The standard InChI is InChI=1S/C15H21N3O5S/c1-23-14-3-2-10(4-12(14)18(21)22)8-24-9-15(20)17-6-11-5-16-7-13(11)19/h2-4,11,13,16,19H,5-9H2,1H3,(H,17,20). The Morgan fingerprint density at radius 1 is 1.54 bits per heavy atom. The van der Waals surface area contributed by atoms with Crippen LogP contribution in [0.15, 0.2) is 18.2 Å². The summed E-state index contributed by atoms with van der Waals surface area (Å²) in [5, 5.41) is 26.5. The summed E-state index contributed by atoms with van der Waals surface area (Å²) in [6.07, 6.45) is -0.419.